The molecule has 2 fully saturated rings. The molecule has 0 aromatic rings. The molecule has 0 aliphatic carbocycles. The Balaban J connectivity index is 1.97. The highest BCUT2D eigenvalue weighted by atomic mass is 32.3. The third-order valence-electron chi connectivity index (χ3n) is 3.38. The first-order valence-corrected chi connectivity index (χ1v) is 7.10. The number of urea groups is 1. The average molecular weight is 292 g/mol. The van der Waals surface area contributed by atoms with Crippen LogP contribution in [0.5, 0.6) is 0 Å². The minimum absolute atomic E-state index is 0.00699. The van der Waals surface area contributed by atoms with Gasteiger partial charge in [-0.2, -0.15) is 0 Å². The monoisotopic (exact) mass is 292 g/mol. The lowest BCUT2D eigenvalue weighted by Crippen LogP contribution is -2.47. The minimum Gasteiger partial charge on any atom is -0.726 e. The molecule has 3 amide bonds. The largest absolute Gasteiger partial charge is 0.726 e. The molecule has 0 aromatic heterocycles. The summed E-state index contributed by atoms with van der Waals surface area (Å²) < 4.78 is 35.0. The van der Waals surface area contributed by atoms with Crippen LogP contribution in [0.4, 0.5) is 4.79 Å². The number of primary amides is 1. The number of rotatable bonds is 5. The maximum Gasteiger partial charge on any atom is 0.321 e. The zero-order valence-corrected chi connectivity index (χ0v) is 10.8. The second-order valence-electron chi connectivity index (χ2n) is 4.51. The quantitative estimate of drug-likeness (QED) is 0.470. The third kappa shape index (κ3) is 2.96. The molecule has 10 heteroatoms. The molecule has 0 unspecified atom stereocenters. The van der Waals surface area contributed by atoms with Crippen molar-refractivity contribution in [2.24, 2.45) is 5.73 Å². The first kappa shape index (κ1) is 14.0. The molecule has 2 rings (SSSR count). The number of nitrogens with zero attached hydrogens (tertiary/aromatic N) is 2. The fourth-order valence-electron chi connectivity index (χ4n) is 2.55. The second-order valence-corrected chi connectivity index (χ2v) is 5.56. The first-order chi connectivity index (χ1) is 8.79. The topological polar surface area (TPSA) is 133 Å². The van der Waals surface area contributed by atoms with Gasteiger partial charge >= 0.3 is 6.03 Å². The molecule has 2 atom stereocenters. The zero-order valence-electron chi connectivity index (χ0n) is 10.0. The summed E-state index contributed by atoms with van der Waals surface area (Å²) in [7, 11) is -4.76. The van der Waals surface area contributed by atoms with E-state index in [1.54, 1.807) is 0 Å². The first-order valence-electron chi connectivity index (χ1n) is 5.76. The molecule has 0 saturated carbocycles. The van der Waals surface area contributed by atoms with Crippen LogP contribution in [0.3, 0.4) is 0 Å². The third-order valence-corrected chi connectivity index (χ3v) is 3.83. The predicted molar refractivity (Wildman–Crippen MR) is 60.5 cm³/mol. The lowest BCUT2D eigenvalue weighted by molar-refractivity contribution is -0.122. The summed E-state index contributed by atoms with van der Waals surface area (Å²) in [5.74, 6) is -0.549. The van der Waals surface area contributed by atoms with Crippen LogP contribution in [0.25, 0.3) is 0 Å². The Hall–Kier alpha value is -1.39. The van der Waals surface area contributed by atoms with Gasteiger partial charge in [-0.1, -0.05) is 0 Å². The lowest BCUT2D eigenvalue weighted by Gasteiger charge is -2.28. The lowest BCUT2D eigenvalue weighted by atomic mass is 10.0. The summed E-state index contributed by atoms with van der Waals surface area (Å²) in [6.07, 6.45) is 1.10. The maximum absolute atomic E-state index is 12.0. The van der Waals surface area contributed by atoms with Crippen molar-refractivity contribution in [2.45, 2.75) is 24.9 Å². The van der Waals surface area contributed by atoms with E-state index in [1.165, 1.54) is 9.80 Å². The Labute approximate surface area is 110 Å². The Kier molecular flexibility index (Phi) is 3.65. The van der Waals surface area contributed by atoms with Crippen molar-refractivity contribution in [3.8, 4) is 0 Å². The smallest absolute Gasteiger partial charge is 0.321 e. The number of piperidine rings is 1. The highest BCUT2D eigenvalue weighted by Crippen LogP contribution is 2.29. The van der Waals surface area contributed by atoms with Gasteiger partial charge in [0.2, 0.25) is 16.3 Å². The number of fused-ring (bicyclic) bond motifs is 2. The summed E-state index contributed by atoms with van der Waals surface area (Å²) in [4.78, 5) is 26.0. The van der Waals surface area contributed by atoms with E-state index >= 15 is 0 Å². The van der Waals surface area contributed by atoms with Gasteiger partial charge in [-0.05, 0) is 12.8 Å². The molecule has 0 aromatic carbocycles. The van der Waals surface area contributed by atoms with Crippen LogP contribution < -0.4 is 5.73 Å². The van der Waals surface area contributed by atoms with Crippen LogP contribution in [0.1, 0.15) is 12.8 Å². The van der Waals surface area contributed by atoms with Gasteiger partial charge in [0.1, 0.15) is 6.04 Å². The van der Waals surface area contributed by atoms with Gasteiger partial charge in [0.15, 0.2) is 0 Å². The molecule has 9 nitrogen and oxygen atoms in total. The average Bonchev–Trinajstić information content (AvgIpc) is 2.52. The van der Waals surface area contributed by atoms with Crippen molar-refractivity contribution in [3.63, 3.8) is 0 Å². The standard InChI is InChI=1S/C9H15N3O6S/c10-8(13)7-2-1-6-5-12(7)9(14)11(6)3-4-18-19(15,16)17/h6-7H,1-5H2,(H2,10,13)(H,15,16,17)/p-1/t6-,7+/m1/s1. The molecule has 108 valence electrons. The van der Waals surface area contributed by atoms with E-state index < -0.39 is 22.3 Å². The number of hydrogen-bond acceptors (Lipinski definition) is 6. The zero-order chi connectivity index (χ0) is 14.2. The maximum atomic E-state index is 12.0. The second kappa shape index (κ2) is 4.94. The summed E-state index contributed by atoms with van der Waals surface area (Å²) in [5.41, 5.74) is 5.22. The van der Waals surface area contributed by atoms with Gasteiger partial charge in [-0.15, -0.1) is 0 Å². The van der Waals surface area contributed by atoms with Gasteiger partial charge in [-0.3, -0.25) is 8.98 Å². The van der Waals surface area contributed by atoms with Crippen LogP contribution in [0.15, 0.2) is 0 Å². The fourth-order valence-corrected chi connectivity index (χ4v) is 2.83. The van der Waals surface area contributed by atoms with Crippen LogP contribution in [0, 0.1) is 0 Å². The predicted octanol–water partition coefficient (Wildman–Crippen LogP) is -1.78. The van der Waals surface area contributed by atoms with Gasteiger partial charge in [0, 0.05) is 13.1 Å². The van der Waals surface area contributed by atoms with E-state index in [-0.39, 0.29) is 25.2 Å². The van der Waals surface area contributed by atoms with Gasteiger partial charge in [0.25, 0.3) is 0 Å². The molecule has 2 bridgehead atoms. The van der Waals surface area contributed by atoms with Crippen LogP contribution in [0.2, 0.25) is 0 Å². The molecule has 19 heavy (non-hydrogen) atoms. The molecular weight excluding hydrogens is 278 g/mol. The number of amides is 3. The summed E-state index contributed by atoms with van der Waals surface area (Å²) in [6.45, 7) is -0.00727. The molecule has 2 heterocycles. The molecule has 2 aliphatic heterocycles. The molecule has 2 N–H and O–H groups in total. The van der Waals surface area contributed by atoms with Crippen molar-refractivity contribution < 1.29 is 26.7 Å². The van der Waals surface area contributed by atoms with Gasteiger partial charge in [0.05, 0.1) is 12.6 Å². The number of nitrogens with two attached hydrogens (primary N) is 1. The van der Waals surface area contributed by atoms with Crippen molar-refractivity contribution >= 4 is 22.3 Å². The van der Waals surface area contributed by atoms with E-state index in [1.807, 2.05) is 0 Å². The van der Waals surface area contributed by atoms with Gasteiger partial charge in [-0.25, -0.2) is 13.2 Å². The van der Waals surface area contributed by atoms with E-state index in [9.17, 15) is 22.6 Å². The molecule has 0 spiro atoms. The van der Waals surface area contributed by atoms with Crippen LogP contribution in [-0.2, 0) is 19.4 Å². The van der Waals surface area contributed by atoms with E-state index in [0.717, 1.165) is 0 Å². The van der Waals surface area contributed by atoms with Crippen molar-refractivity contribution in [3.05, 3.63) is 0 Å². The number of hydrogen-bond donors (Lipinski definition) is 1. The Bertz CT molecular complexity index is 492. The molecule has 0 radical (unpaired) electrons. The highest BCUT2D eigenvalue weighted by Gasteiger charge is 2.45. The normalized spacial score (nSPS) is 26.9. The van der Waals surface area contributed by atoms with Gasteiger partial charge < -0.3 is 20.1 Å². The molecule has 2 saturated heterocycles. The van der Waals surface area contributed by atoms with Crippen molar-refractivity contribution in [1.82, 2.24) is 9.80 Å². The Morgan fingerprint density at radius 2 is 2.16 bits per heavy atom. The van der Waals surface area contributed by atoms with Crippen molar-refractivity contribution in [1.29, 1.82) is 0 Å². The minimum atomic E-state index is -4.76. The summed E-state index contributed by atoms with van der Waals surface area (Å²) in [6, 6.07) is -1.09. The number of carbonyl (C=O) groups is 2. The van der Waals surface area contributed by atoms with E-state index in [4.69, 9.17) is 5.73 Å². The Morgan fingerprint density at radius 1 is 1.47 bits per heavy atom. The van der Waals surface area contributed by atoms with E-state index in [0.29, 0.717) is 19.4 Å². The molecular formula is C9H14N3O6S-. The Morgan fingerprint density at radius 3 is 2.74 bits per heavy atom. The fraction of sp³-hybridized carbons (Fsp3) is 0.778. The van der Waals surface area contributed by atoms with Crippen LogP contribution >= 0.6 is 0 Å². The molecule has 2 aliphatic rings. The van der Waals surface area contributed by atoms with Crippen molar-refractivity contribution in [2.75, 3.05) is 19.7 Å². The number of carbonyl (C=O) groups excluding carboxylic acids is 2. The van der Waals surface area contributed by atoms with Crippen LogP contribution in [-0.4, -0.2) is 66.5 Å². The highest BCUT2D eigenvalue weighted by molar-refractivity contribution is 7.80. The van der Waals surface area contributed by atoms with E-state index in [2.05, 4.69) is 4.18 Å². The SMILES string of the molecule is NC(=O)[C@@H]1CC[C@@H]2CN1C(=O)N2CCOS(=O)(=O)[O-]. The summed E-state index contributed by atoms with van der Waals surface area (Å²) >= 11 is 0. The summed E-state index contributed by atoms with van der Waals surface area (Å²) in [5, 5.41) is 0.